The molecule has 0 aliphatic rings. The second-order valence-corrected chi connectivity index (χ2v) is 4.15. The van der Waals surface area contributed by atoms with Crippen LogP contribution in [0.15, 0.2) is 33.5 Å². The van der Waals surface area contributed by atoms with Crippen LogP contribution in [0, 0.1) is 5.82 Å². The molecule has 0 atom stereocenters. The third-order valence-electron chi connectivity index (χ3n) is 2.14. The van der Waals surface area contributed by atoms with Crippen molar-refractivity contribution in [1.82, 2.24) is 10.2 Å². The molecule has 0 aliphatic carbocycles. The first-order valence-corrected chi connectivity index (χ1v) is 5.29. The molecule has 0 amide bonds. The number of hydrogen-bond donors (Lipinski definition) is 1. The van der Waals surface area contributed by atoms with Gasteiger partial charge in [-0.1, -0.05) is 12.1 Å². The summed E-state index contributed by atoms with van der Waals surface area (Å²) in [5.74, 6) is -0.0323. The number of para-hydroxylation sites is 1. The fourth-order valence-corrected chi connectivity index (χ4v) is 2.03. The van der Waals surface area contributed by atoms with Gasteiger partial charge in [0.05, 0.1) is 0 Å². The number of fused-ring (bicyclic) bond motifs is 1. The van der Waals surface area contributed by atoms with Crippen molar-refractivity contribution < 1.29 is 8.81 Å². The zero-order chi connectivity index (χ0) is 11.1. The molecule has 0 spiro atoms. The minimum atomic E-state index is -0.424. The van der Waals surface area contributed by atoms with Gasteiger partial charge in [0.1, 0.15) is 0 Å². The lowest BCUT2D eigenvalue weighted by atomic mass is 10.2. The lowest BCUT2D eigenvalue weighted by Gasteiger charge is -1.88. The van der Waals surface area contributed by atoms with Crippen molar-refractivity contribution in [3.63, 3.8) is 0 Å². The Morgan fingerprint density at radius 2 is 2.31 bits per heavy atom. The molecule has 0 bridgehead atoms. The van der Waals surface area contributed by atoms with E-state index >= 15 is 0 Å². The molecule has 3 aromatic rings. The molecule has 6 heteroatoms. The van der Waals surface area contributed by atoms with Gasteiger partial charge in [-0.25, -0.2) is 9.49 Å². The Kier molecular flexibility index (Phi) is 1.90. The van der Waals surface area contributed by atoms with Crippen LogP contribution in [-0.4, -0.2) is 10.2 Å². The molecular weight excluding hydrogens is 231 g/mol. The van der Waals surface area contributed by atoms with Crippen LogP contribution in [0.1, 0.15) is 0 Å². The number of H-pyrrole nitrogens is 1. The predicted octanol–water partition coefficient (Wildman–Crippen LogP) is 2.38. The van der Waals surface area contributed by atoms with Crippen LogP contribution in [0.4, 0.5) is 4.39 Å². The van der Waals surface area contributed by atoms with Gasteiger partial charge in [-0.3, -0.25) is 4.79 Å². The van der Waals surface area contributed by atoms with Crippen LogP contribution in [0.2, 0.25) is 0 Å². The first-order chi connectivity index (χ1) is 7.74. The molecule has 0 aliphatic heterocycles. The summed E-state index contributed by atoms with van der Waals surface area (Å²) in [5.41, 5.74) is 0.181. The van der Waals surface area contributed by atoms with Crippen LogP contribution in [0.5, 0.6) is 0 Å². The van der Waals surface area contributed by atoms with E-state index in [1.54, 1.807) is 18.2 Å². The van der Waals surface area contributed by atoms with Gasteiger partial charge in [0, 0.05) is 5.39 Å². The number of aromatic amines is 1. The summed E-state index contributed by atoms with van der Waals surface area (Å²) in [6.45, 7) is 0. The van der Waals surface area contributed by atoms with Gasteiger partial charge in [0.15, 0.2) is 22.2 Å². The van der Waals surface area contributed by atoms with Crippen molar-refractivity contribution in [3.05, 3.63) is 39.8 Å². The third-order valence-corrected chi connectivity index (χ3v) is 2.91. The number of benzene rings is 1. The van der Waals surface area contributed by atoms with Crippen LogP contribution in [0.3, 0.4) is 0 Å². The summed E-state index contributed by atoms with van der Waals surface area (Å²) in [5, 5.41) is 7.13. The number of furan rings is 1. The SMILES string of the molecule is O=c1[nH]nc(-c2cc3cccc(F)c3o2)s1. The van der Waals surface area contributed by atoms with Crippen LogP contribution >= 0.6 is 11.3 Å². The number of nitrogens with zero attached hydrogens (tertiary/aromatic N) is 1. The topological polar surface area (TPSA) is 58.9 Å². The first kappa shape index (κ1) is 9.29. The molecule has 0 unspecified atom stereocenters. The molecule has 4 nitrogen and oxygen atoms in total. The minimum absolute atomic E-state index is 0.181. The standard InChI is InChI=1S/C10H5FN2O2S/c11-6-3-1-2-5-4-7(15-8(5)6)9-12-13-10(14)16-9/h1-4H,(H,13,14). The summed E-state index contributed by atoms with van der Waals surface area (Å²) >= 11 is 0.924. The van der Waals surface area contributed by atoms with Gasteiger partial charge in [-0.05, 0) is 23.5 Å². The summed E-state index contributed by atoms with van der Waals surface area (Å²) in [6.07, 6.45) is 0. The molecule has 3 rings (SSSR count). The maximum absolute atomic E-state index is 13.3. The summed E-state index contributed by atoms with van der Waals surface area (Å²) in [6, 6.07) is 6.32. The summed E-state index contributed by atoms with van der Waals surface area (Å²) in [4.78, 5) is 10.7. The van der Waals surface area contributed by atoms with Crippen molar-refractivity contribution in [3.8, 4) is 10.8 Å². The Bertz CT molecular complexity index is 713. The van der Waals surface area contributed by atoms with Gasteiger partial charge >= 0.3 is 4.87 Å². The van der Waals surface area contributed by atoms with E-state index in [2.05, 4.69) is 10.2 Å². The third kappa shape index (κ3) is 1.35. The molecule has 2 aromatic heterocycles. The Balaban J connectivity index is 2.26. The van der Waals surface area contributed by atoms with E-state index in [1.165, 1.54) is 6.07 Å². The van der Waals surface area contributed by atoms with Gasteiger partial charge in [0.25, 0.3) is 0 Å². The Morgan fingerprint density at radius 1 is 1.44 bits per heavy atom. The van der Waals surface area contributed by atoms with E-state index in [-0.39, 0.29) is 10.5 Å². The molecule has 1 N–H and O–H groups in total. The number of aromatic nitrogens is 2. The van der Waals surface area contributed by atoms with Crippen LogP contribution in [0.25, 0.3) is 21.7 Å². The maximum Gasteiger partial charge on any atom is 0.322 e. The normalized spacial score (nSPS) is 11.1. The van der Waals surface area contributed by atoms with E-state index in [9.17, 15) is 9.18 Å². The molecule has 0 saturated heterocycles. The maximum atomic E-state index is 13.3. The zero-order valence-electron chi connectivity index (χ0n) is 7.86. The van der Waals surface area contributed by atoms with Gasteiger partial charge in [-0.15, -0.1) is 0 Å². The highest BCUT2D eigenvalue weighted by molar-refractivity contribution is 7.12. The Hall–Kier alpha value is -1.95. The highest BCUT2D eigenvalue weighted by Gasteiger charge is 2.12. The number of halogens is 1. The van der Waals surface area contributed by atoms with Gasteiger partial charge < -0.3 is 4.42 Å². The highest BCUT2D eigenvalue weighted by atomic mass is 32.1. The minimum Gasteiger partial charge on any atom is -0.450 e. The van der Waals surface area contributed by atoms with Crippen LogP contribution in [-0.2, 0) is 0 Å². The second-order valence-electron chi connectivity index (χ2n) is 3.19. The van der Waals surface area contributed by atoms with Crippen molar-refractivity contribution >= 4 is 22.3 Å². The van der Waals surface area contributed by atoms with E-state index in [0.717, 1.165) is 11.3 Å². The van der Waals surface area contributed by atoms with Crippen molar-refractivity contribution in [2.75, 3.05) is 0 Å². The molecule has 1 aromatic carbocycles. The quantitative estimate of drug-likeness (QED) is 0.705. The fourth-order valence-electron chi connectivity index (χ4n) is 1.47. The van der Waals surface area contributed by atoms with Crippen molar-refractivity contribution in [1.29, 1.82) is 0 Å². The summed E-state index contributed by atoms with van der Waals surface area (Å²) < 4.78 is 18.7. The lowest BCUT2D eigenvalue weighted by Crippen LogP contribution is -1.90. The highest BCUT2D eigenvalue weighted by Crippen LogP contribution is 2.28. The molecule has 0 radical (unpaired) electrons. The number of rotatable bonds is 1. The number of hydrogen-bond acceptors (Lipinski definition) is 4. The second kappa shape index (κ2) is 3.28. The Labute approximate surface area is 92.3 Å². The van der Waals surface area contributed by atoms with Crippen LogP contribution < -0.4 is 4.87 Å². The van der Waals surface area contributed by atoms with Crippen molar-refractivity contribution in [2.24, 2.45) is 0 Å². The first-order valence-electron chi connectivity index (χ1n) is 4.48. The average molecular weight is 236 g/mol. The molecule has 80 valence electrons. The van der Waals surface area contributed by atoms with E-state index < -0.39 is 5.82 Å². The van der Waals surface area contributed by atoms with E-state index in [1.807, 2.05) is 0 Å². The molecule has 0 saturated carbocycles. The molecule has 16 heavy (non-hydrogen) atoms. The van der Waals surface area contributed by atoms with Gasteiger partial charge in [-0.2, -0.15) is 5.10 Å². The largest absolute Gasteiger partial charge is 0.450 e. The number of nitrogens with one attached hydrogen (secondary N) is 1. The molecule has 2 heterocycles. The van der Waals surface area contributed by atoms with E-state index in [0.29, 0.717) is 16.2 Å². The van der Waals surface area contributed by atoms with E-state index in [4.69, 9.17) is 4.42 Å². The van der Waals surface area contributed by atoms with Crippen molar-refractivity contribution in [2.45, 2.75) is 0 Å². The predicted molar refractivity (Wildman–Crippen MR) is 57.9 cm³/mol. The smallest absolute Gasteiger partial charge is 0.322 e. The fraction of sp³-hybridized carbons (Fsp3) is 0. The average Bonchev–Trinajstić information content (AvgIpc) is 2.84. The molecule has 0 fully saturated rings. The molecular formula is C10H5FN2O2S. The van der Waals surface area contributed by atoms with Gasteiger partial charge in [0.2, 0.25) is 0 Å². The zero-order valence-corrected chi connectivity index (χ0v) is 8.68. The lowest BCUT2D eigenvalue weighted by molar-refractivity contribution is 0.568. The Morgan fingerprint density at radius 3 is 3.00 bits per heavy atom. The monoisotopic (exact) mass is 236 g/mol. The summed E-state index contributed by atoms with van der Waals surface area (Å²) in [7, 11) is 0.